The first-order valence-corrected chi connectivity index (χ1v) is 4.98. The third-order valence-electron chi connectivity index (χ3n) is 2.65. The molecular formula is C12H14N2. The van der Waals surface area contributed by atoms with Gasteiger partial charge >= 0.3 is 0 Å². The van der Waals surface area contributed by atoms with Crippen molar-refractivity contribution in [2.75, 3.05) is 11.4 Å². The average molecular weight is 186 g/mol. The van der Waals surface area contributed by atoms with E-state index in [9.17, 15) is 0 Å². The highest BCUT2D eigenvalue weighted by Crippen LogP contribution is 2.28. The van der Waals surface area contributed by atoms with Crippen LogP contribution in [0.3, 0.4) is 0 Å². The summed E-state index contributed by atoms with van der Waals surface area (Å²) in [6.45, 7) is 5.26. The van der Waals surface area contributed by atoms with Crippen LogP contribution in [-0.2, 0) is 0 Å². The molecule has 1 aliphatic heterocycles. The highest BCUT2D eigenvalue weighted by molar-refractivity contribution is 5.57. The lowest BCUT2D eigenvalue weighted by molar-refractivity contribution is 0.866. The Balaban J connectivity index is 2.12. The van der Waals surface area contributed by atoms with Gasteiger partial charge in [0.25, 0.3) is 0 Å². The van der Waals surface area contributed by atoms with E-state index in [1.807, 2.05) is 0 Å². The van der Waals surface area contributed by atoms with Crippen LogP contribution in [-0.4, -0.2) is 12.6 Å². The van der Waals surface area contributed by atoms with Gasteiger partial charge in [-0.05, 0) is 23.6 Å². The zero-order valence-electron chi connectivity index (χ0n) is 8.57. The number of anilines is 1. The Labute approximate surface area is 84.8 Å². The number of nitrogens with zero attached hydrogens (tertiary/aromatic N) is 2. The first-order valence-electron chi connectivity index (χ1n) is 4.98. The van der Waals surface area contributed by atoms with Crippen molar-refractivity contribution in [3.05, 3.63) is 29.8 Å². The predicted octanol–water partition coefficient (Wildman–Crippen LogP) is 2.52. The summed E-state index contributed by atoms with van der Waals surface area (Å²) in [4.78, 5) is 2.10. The van der Waals surface area contributed by atoms with Gasteiger partial charge in [-0.2, -0.15) is 5.26 Å². The zero-order valence-corrected chi connectivity index (χ0v) is 8.57. The second-order valence-electron chi connectivity index (χ2n) is 4.04. The third-order valence-corrected chi connectivity index (χ3v) is 2.65. The Hall–Kier alpha value is -1.49. The molecule has 0 radical (unpaired) electrons. The van der Waals surface area contributed by atoms with Crippen LogP contribution >= 0.6 is 0 Å². The standard InChI is InChI=1S/C12H14N2/c1-9(2)10-3-5-11(6-4-10)14-8-12(14)7-13/h3-6,9,12H,8H2,1-2H3. The number of benzene rings is 1. The summed E-state index contributed by atoms with van der Waals surface area (Å²) < 4.78 is 0. The third kappa shape index (κ3) is 1.58. The Morgan fingerprint density at radius 2 is 2.00 bits per heavy atom. The molecule has 2 nitrogen and oxygen atoms in total. The second kappa shape index (κ2) is 3.34. The molecule has 0 amide bonds. The van der Waals surface area contributed by atoms with Gasteiger partial charge in [-0.3, -0.25) is 0 Å². The van der Waals surface area contributed by atoms with Gasteiger partial charge in [0.2, 0.25) is 0 Å². The fraction of sp³-hybridized carbons (Fsp3) is 0.417. The van der Waals surface area contributed by atoms with E-state index in [1.54, 1.807) is 0 Å². The Bertz CT molecular complexity index is 359. The van der Waals surface area contributed by atoms with E-state index >= 15 is 0 Å². The van der Waals surface area contributed by atoms with E-state index in [4.69, 9.17) is 5.26 Å². The molecule has 1 unspecified atom stereocenters. The maximum Gasteiger partial charge on any atom is 0.134 e. The van der Waals surface area contributed by atoms with Crippen LogP contribution in [0.4, 0.5) is 5.69 Å². The van der Waals surface area contributed by atoms with E-state index in [0.717, 1.165) is 6.54 Å². The topological polar surface area (TPSA) is 26.8 Å². The molecule has 0 bridgehead atoms. The van der Waals surface area contributed by atoms with Gasteiger partial charge in [0, 0.05) is 5.69 Å². The first-order chi connectivity index (χ1) is 6.72. The molecule has 1 aromatic rings. The van der Waals surface area contributed by atoms with Crippen molar-refractivity contribution in [2.24, 2.45) is 0 Å². The molecule has 1 aliphatic rings. The van der Waals surface area contributed by atoms with Crippen LogP contribution in [0.1, 0.15) is 25.3 Å². The smallest absolute Gasteiger partial charge is 0.134 e. The molecule has 1 fully saturated rings. The minimum absolute atomic E-state index is 0.111. The summed E-state index contributed by atoms with van der Waals surface area (Å²) in [5.41, 5.74) is 2.52. The molecule has 1 atom stereocenters. The minimum atomic E-state index is 0.111. The minimum Gasteiger partial charge on any atom is -0.351 e. The van der Waals surface area contributed by atoms with Gasteiger partial charge in [-0.25, -0.2) is 0 Å². The summed E-state index contributed by atoms with van der Waals surface area (Å²) in [6, 6.07) is 10.9. The lowest BCUT2D eigenvalue weighted by atomic mass is 10.0. The average Bonchev–Trinajstić information content (AvgIpc) is 2.97. The molecule has 0 aliphatic carbocycles. The van der Waals surface area contributed by atoms with Crippen LogP contribution in [0.2, 0.25) is 0 Å². The summed E-state index contributed by atoms with van der Waals surface area (Å²) in [7, 11) is 0. The lowest BCUT2D eigenvalue weighted by Gasteiger charge is -2.07. The zero-order chi connectivity index (χ0) is 10.1. The Kier molecular flexibility index (Phi) is 2.17. The largest absolute Gasteiger partial charge is 0.351 e. The van der Waals surface area contributed by atoms with Crippen molar-refractivity contribution in [3.8, 4) is 6.07 Å². The molecule has 0 N–H and O–H groups in total. The lowest BCUT2D eigenvalue weighted by Crippen LogP contribution is -1.96. The van der Waals surface area contributed by atoms with Crippen molar-refractivity contribution in [3.63, 3.8) is 0 Å². The summed E-state index contributed by atoms with van der Waals surface area (Å²) >= 11 is 0. The maximum atomic E-state index is 8.69. The van der Waals surface area contributed by atoms with Gasteiger partial charge < -0.3 is 4.90 Å². The van der Waals surface area contributed by atoms with Gasteiger partial charge in [-0.1, -0.05) is 26.0 Å². The first kappa shape index (κ1) is 9.08. The number of hydrogen-bond donors (Lipinski definition) is 0. The van der Waals surface area contributed by atoms with Crippen molar-refractivity contribution in [2.45, 2.75) is 25.8 Å². The van der Waals surface area contributed by atoms with Crippen molar-refractivity contribution < 1.29 is 0 Å². The number of rotatable bonds is 2. The van der Waals surface area contributed by atoms with E-state index in [1.165, 1.54) is 11.3 Å². The van der Waals surface area contributed by atoms with Gasteiger partial charge in [0.1, 0.15) is 6.04 Å². The maximum absolute atomic E-state index is 8.69. The molecule has 1 heterocycles. The molecule has 2 rings (SSSR count). The highest BCUT2D eigenvalue weighted by Gasteiger charge is 2.33. The predicted molar refractivity (Wildman–Crippen MR) is 57.3 cm³/mol. The van der Waals surface area contributed by atoms with Crippen molar-refractivity contribution in [1.29, 1.82) is 5.26 Å². The molecule has 1 aromatic carbocycles. The molecule has 14 heavy (non-hydrogen) atoms. The molecule has 0 saturated carbocycles. The fourth-order valence-electron chi connectivity index (χ4n) is 1.59. The Morgan fingerprint density at radius 3 is 2.43 bits per heavy atom. The summed E-state index contributed by atoms with van der Waals surface area (Å²) in [5, 5.41) is 8.69. The van der Waals surface area contributed by atoms with Crippen LogP contribution in [0, 0.1) is 11.3 Å². The molecular weight excluding hydrogens is 172 g/mol. The summed E-state index contributed by atoms with van der Waals surface area (Å²) in [5.74, 6) is 0.574. The van der Waals surface area contributed by atoms with E-state index in [2.05, 4.69) is 49.1 Å². The van der Waals surface area contributed by atoms with Crippen molar-refractivity contribution in [1.82, 2.24) is 0 Å². The van der Waals surface area contributed by atoms with E-state index in [0.29, 0.717) is 5.92 Å². The monoisotopic (exact) mass is 186 g/mol. The summed E-state index contributed by atoms with van der Waals surface area (Å²) in [6.07, 6.45) is 0. The fourth-order valence-corrected chi connectivity index (χ4v) is 1.59. The quantitative estimate of drug-likeness (QED) is 0.663. The number of nitriles is 1. The van der Waals surface area contributed by atoms with Crippen LogP contribution in [0.25, 0.3) is 0 Å². The van der Waals surface area contributed by atoms with Gasteiger partial charge in [0.15, 0.2) is 0 Å². The van der Waals surface area contributed by atoms with Gasteiger partial charge in [0.05, 0.1) is 12.6 Å². The van der Waals surface area contributed by atoms with Gasteiger partial charge in [-0.15, -0.1) is 0 Å². The SMILES string of the molecule is CC(C)c1ccc(N2CC2C#N)cc1. The normalized spacial score (nSPS) is 19.6. The van der Waals surface area contributed by atoms with Crippen LogP contribution in [0.5, 0.6) is 0 Å². The second-order valence-corrected chi connectivity index (χ2v) is 4.04. The molecule has 0 spiro atoms. The Morgan fingerprint density at radius 1 is 1.36 bits per heavy atom. The molecule has 72 valence electrons. The molecule has 2 heteroatoms. The van der Waals surface area contributed by atoms with Crippen LogP contribution < -0.4 is 4.90 Å². The van der Waals surface area contributed by atoms with E-state index in [-0.39, 0.29) is 6.04 Å². The number of hydrogen-bond acceptors (Lipinski definition) is 2. The molecule has 1 saturated heterocycles. The highest BCUT2D eigenvalue weighted by atomic mass is 15.3. The van der Waals surface area contributed by atoms with Crippen molar-refractivity contribution >= 4 is 5.69 Å². The van der Waals surface area contributed by atoms with Crippen LogP contribution in [0.15, 0.2) is 24.3 Å². The molecule has 0 aromatic heterocycles. The van der Waals surface area contributed by atoms with E-state index < -0.39 is 0 Å².